The van der Waals surface area contributed by atoms with E-state index in [1.807, 2.05) is 54.0 Å². The van der Waals surface area contributed by atoms with E-state index in [4.69, 9.17) is 4.98 Å². The molecule has 0 N–H and O–H groups in total. The first-order valence-corrected chi connectivity index (χ1v) is 11.9. The Kier molecular flexibility index (Phi) is 5.26. The molecule has 154 valence electrons. The molecule has 0 aliphatic rings. The van der Waals surface area contributed by atoms with Gasteiger partial charge in [-0.25, -0.2) is 9.97 Å². The van der Waals surface area contributed by atoms with Crippen molar-refractivity contribution in [3.8, 4) is 0 Å². The zero-order chi connectivity index (χ0) is 21.4. The van der Waals surface area contributed by atoms with Crippen LogP contribution in [0.3, 0.4) is 0 Å². The molecule has 0 spiro atoms. The highest BCUT2D eigenvalue weighted by Gasteiger charge is 2.23. The van der Waals surface area contributed by atoms with Gasteiger partial charge in [-0.15, -0.1) is 11.3 Å². The highest BCUT2D eigenvalue weighted by Crippen LogP contribution is 2.35. The number of carbonyl (C=O) groups is 1. The summed E-state index contributed by atoms with van der Waals surface area (Å²) in [4.78, 5) is 24.8. The van der Waals surface area contributed by atoms with Gasteiger partial charge in [-0.1, -0.05) is 67.6 Å². The van der Waals surface area contributed by atoms with Gasteiger partial charge in [0.25, 0.3) is 5.91 Å². The summed E-state index contributed by atoms with van der Waals surface area (Å²) in [5, 5.41) is 0.723. The maximum Gasteiger partial charge on any atom is 0.260 e. The third kappa shape index (κ3) is 3.84. The van der Waals surface area contributed by atoms with Crippen molar-refractivity contribution in [2.45, 2.75) is 26.3 Å². The Morgan fingerprint density at radius 3 is 2.65 bits per heavy atom. The highest BCUT2D eigenvalue weighted by molar-refractivity contribution is 7.22. The van der Waals surface area contributed by atoms with E-state index in [2.05, 4.69) is 37.0 Å². The normalized spacial score (nSPS) is 11.5. The smallest absolute Gasteiger partial charge is 0.260 e. The van der Waals surface area contributed by atoms with Crippen molar-refractivity contribution in [1.82, 2.24) is 9.97 Å². The summed E-state index contributed by atoms with van der Waals surface area (Å²) in [6.45, 7) is 4.81. The standard InChI is InChI=1S/C25H21N3OS2/c1-16(2)19-9-6-10-21-23(19)27-25(31-21)28(14-17-7-4-3-5-8-17)24(29)18-11-12-20-22(13-18)30-15-26-20/h3-13,15-16H,14H2,1-2H3. The molecule has 2 heterocycles. The lowest BCUT2D eigenvalue weighted by atomic mass is 10.0. The van der Waals surface area contributed by atoms with E-state index < -0.39 is 0 Å². The second kappa shape index (κ2) is 8.21. The fourth-order valence-corrected chi connectivity index (χ4v) is 5.39. The number of carbonyl (C=O) groups excluding carboxylic acids is 1. The minimum atomic E-state index is -0.0516. The molecule has 31 heavy (non-hydrogen) atoms. The van der Waals surface area contributed by atoms with E-state index in [0.29, 0.717) is 18.0 Å². The average molecular weight is 444 g/mol. The van der Waals surface area contributed by atoms with Crippen LogP contribution in [0, 0.1) is 0 Å². The van der Waals surface area contributed by atoms with Crippen molar-refractivity contribution >= 4 is 54.1 Å². The van der Waals surface area contributed by atoms with E-state index in [9.17, 15) is 4.79 Å². The summed E-state index contributed by atoms with van der Waals surface area (Å²) in [5.74, 6) is 0.315. The zero-order valence-electron chi connectivity index (χ0n) is 17.3. The Labute approximate surface area is 188 Å². The summed E-state index contributed by atoms with van der Waals surface area (Å²) < 4.78 is 2.11. The highest BCUT2D eigenvalue weighted by atomic mass is 32.1. The second-order valence-electron chi connectivity index (χ2n) is 7.76. The van der Waals surface area contributed by atoms with Gasteiger partial charge in [0.1, 0.15) is 0 Å². The monoisotopic (exact) mass is 443 g/mol. The molecule has 0 saturated heterocycles. The number of anilines is 1. The van der Waals surface area contributed by atoms with E-state index in [1.54, 1.807) is 27.6 Å². The molecule has 0 aliphatic heterocycles. The van der Waals surface area contributed by atoms with Crippen LogP contribution in [0.5, 0.6) is 0 Å². The van der Waals surface area contributed by atoms with Gasteiger partial charge in [0, 0.05) is 5.56 Å². The minimum Gasteiger partial charge on any atom is -0.279 e. The Hall–Kier alpha value is -3.09. The van der Waals surface area contributed by atoms with E-state index >= 15 is 0 Å². The van der Waals surface area contributed by atoms with Crippen molar-refractivity contribution < 1.29 is 4.79 Å². The van der Waals surface area contributed by atoms with Crippen molar-refractivity contribution in [1.29, 1.82) is 0 Å². The molecule has 3 aromatic carbocycles. The maximum atomic E-state index is 13.7. The van der Waals surface area contributed by atoms with Crippen LogP contribution >= 0.6 is 22.7 Å². The van der Waals surface area contributed by atoms with Crippen molar-refractivity contribution in [2.24, 2.45) is 0 Å². The average Bonchev–Trinajstić information content (AvgIpc) is 3.43. The summed E-state index contributed by atoms with van der Waals surface area (Å²) >= 11 is 3.11. The van der Waals surface area contributed by atoms with Crippen LogP contribution < -0.4 is 4.90 Å². The van der Waals surface area contributed by atoms with Crippen LogP contribution in [0.25, 0.3) is 20.4 Å². The van der Waals surface area contributed by atoms with Gasteiger partial charge in [0.05, 0.1) is 32.5 Å². The number of nitrogens with zero attached hydrogens (tertiary/aromatic N) is 3. The molecular weight excluding hydrogens is 422 g/mol. The molecule has 0 bridgehead atoms. The number of hydrogen-bond acceptors (Lipinski definition) is 5. The lowest BCUT2D eigenvalue weighted by Gasteiger charge is -2.20. The van der Waals surface area contributed by atoms with E-state index in [-0.39, 0.29) is 5.91 Å². The van der Waals surface area contributed by atoms with E-state index in [0.717, 1.165) is 31.1 Å². The Balaban J connectivity index is 1.61. The minimum absolute atomic E-state index is 0.0516. The first-order chi connectivity index (χ1) is 15.1. The molecule has 1 amide bonds. The van der Waals surface area contributed by atoms with Crippen LogP contribution in [0.2, 0.25) is 0 Å². The van der Waals surface area contributed by atoms with Crippen LogP contribution in [0.15, 0.2) is 72.2 Å². The third-order valence-electron chi connectivity index (χ3n) is 5.30. The summed E-state index contributed by atoms with van der Waals surface area (Å²) in [7, 11) is 0. The molecule has 0 radical (unpaired) electrons. The zero-order valence-corrected chi connectivity index (χ0v) is 18.9. The van der Waals surface area contributed by atoms with Crippen LogP contribution in [0.4, 0.5) is 5.13 Å². The Morgan fingerprint density at radius 1 is 1.00 bits per heavy atom. The van der Waals surface area contributed by atoms with Crippen molar-refractivity contribution in [3.05, 3.63) is 88.9 Å². The number of benzene rings is 3. The predicted molar refractivity (Wildman–Crippen MR) is 130 cm³/mol. The van der Waals surface area contributed by atoms with Crippen LogP contribution in [-0.2, 0) is 6.54 Å². The molecule has 5 rings (SSSR count). The lowest BCUT2D eigenvalue weighted by molar-refractivity contribution is 0.0985. The van der Waals surface area contributed by atoms with Gasteiger partial charge < -0.3 is 0 Å². The van der Waals surface area contributed by atoms with Crippen LogP contribution in [0.1, 0.15) is 41.3 Å². The number of amides is 1. The maximum absolute atomic E-state index is 13.7. The molecule has 0 fully saturated rings. The van der Waals surface area contributed by atoms with Gasteiger partial charge in [0.15, 0.2) is 5.13 Å². The molecule has 0 saturated carbocycles. The van der Waals surface area contributed by atoms with Crippen LogP contribution in [-0.4, -0.2) is 15.9 Å². The largest absolute Gasteiger partial charge is 0.279 e. The number of fused-ring (bicyclic) bond motifs is 2. The Bertz CT molecular complexity index is 1370. The molecule has 0 aliphatic carbocycles. The van der Waals surface area contributed by atoms with Gasteiger partial charge >= 0.3 is 0 Å². The fourth-order valence-electron chi connectivity index (χ4n) is 3.68. The third-order valence-corrected chi connectivity index (χ3v) is 7.13. The Morgan fingerprint density at radius 2 is 1.84 bits per heavy atom. The fraction of sp³-hybridized carbons (Fsp3) is 0.160. The number of para-hydroxylation sites is 1. The molecule has 0 atom stereocenters. The first kappa shape index (κ1) is 19.8. The molecular formula is C25H21N3OS2. The summed E-state index contributed by atoms with van der Waals surface area (Å²) in [6.07, 6.45) is 0. The molecule has 2 aromatic heterocycles. The topological polar surface area (TPSA) is 46.1 Å². The molecule has 0 unspecified atom stereocenters. The number of hydrogen-bond donors (Lipinski definition) is 0. The number of rotatable bonds is 5. The van der Waals surface area contributed by atoms with Crippen molar-refractivity contribution in [3.63, 3.8) is 0 Å². The predicted octanol–water partition coefficient (Wildman–Crippen LogP) is 6.88. The van der Waals surface area contributed by atoms with Gasteiger partial charge in [0.2, 0.25) is 0 Å². The SMILES string of the molecule is CC(C)c1cccc2sc(N(Cc3ccccc3)C(=O)c3ccc4ncsc4c3)nc12. The van der Waals surface area contributed by atoms with Gasteiger partial charge in [-0.3, -0.25) is 9.69 Å². The number of thiazole rings is 2. The van der Waals surface area contributed by atoms with Gasteiger partial charge in [-0.05, 0) is 41.3 Å². The molecule has 4 nitrogen and oxygen atoms in total. The molecule has 5 aromatic rings. The van der Waals surface area contributed by atoms with E-state index in [1.165, 1.54) is 5.56 Å². The quantitative estimate of drug-likeness (QED) is 0.297. The summed E-state index contributed by atoms with van der Waals surface area (Å²) in [5.41, 5.74) is 6.63. The lowest BCUT2D eigenvalue weighted by Crippen LogP contribution is -2.30. The first-order valence-electron chi connectivity index (χ1n) is 10.2. The van der Waals surface area contributed by atoms with Gasteiger partial charge in [-0.2, -0.15) is 0 Å². The second-order valence-corrected chi connectivity index (χ2v) is 9.65. The summed E-state index contributed by atoms with van der Waals surface area (Å²) in [6, 6.07) is 22.0. The number of aromatic nitrogens is 2. The molecule has 6 heteroatoms. The van der Waals surface area contributed by atoms with Crippen molar-refractivity contribution in [2.75, 3.05) is 4.90 Å².